The van der Waals surface area contributed by atoms with Crippen molar-refractivity contribution in [3.05, 3.63) is 23.2 Å². The SMILES string of the molecule is CC(NS(=O)(=O)c1ccc(N)cc1Cl)C1CCOCC1. The molecule has 2 rings (SSSR count). The third-order valence-electron chi connectivity index (χ3n) is 3.56. The molecule has 0 radical (unpaired) electrons. The van der Waals surface area contributed by atoms with Gasteiger partial charge in [0.05, 0.1) is 5.02 Å². The fourth-order valence-corrected chi connectivity index (χ4v) is 4.22. The number of ether oxygens (including phenoxy) is 1. The highest BCUT2D eigenvalue weighted by molar-refractivity contribution is 7.89. The topological polar surface area (TPSA) is 81.4 Å². The predicted octanol–water partition coefficient (Wildman–Crippen LogP) is 2.02. The molecule has 1 heterocycles. The van der Waals surface area contributed by atoms with E-state index in [-0.39, 0.29) is 21.9 Å². The van der Waals surface area contributed by atoms with E-state index in [1.165, 1.54) is 18.2 Å². The first-order chi connectivity index (χ1) is 9.40. The normalized spacial score (nSPS) is 18.9. The molecule has 1 aliphatic rings. The van der Waals surface area contributed by atoms with Gasteiger partial charge in [0.2, 0.25) is 10.0 Å². The average molecular weight is 319 g/mol. The van der Waals surface area contributed by atoms with Crippen LogP contribution < -0.4 is 10.5 Å². The monoisotopic (exact) mass is 318 g/mol. The first-order valence-electron chi connectivity index (χ1n) is 6.55. The lowest BCUT2D eigenvalue weighted by Crippen LogP contribution is -2.40. The number of benzene rings is 1. The summed E-state index contributed by atoms with van der Waals surface area (Å²) in [7, 11) is -3.63. The molecule has 20 heavy (non-hydrogen) atoms. The minimum atomic E-state index is -3.63. The van der Waals surface area contributed by atoms with Gasteiger partial charge in [-0.1, -0.05) is 11.6 Å². The maximum Gasteiger partial charge on any atom is 0.242 e. The van der Waals surface area contributed by atoms with E-state index in [4.69, 9.17) is 22.1 Å². The third kappa shape index (κ3) is 3.63. The van der Waals surface area contributed by atoms with Crippen molar-refractivity contribution in [2.24, 2.45) is 5.92 Å². The van der Waals surface area contributed by atoms with Gasteiger partial charge in [-0.2, -0.15) is 0 Å². The molecule has 112 valence electrons. The van der Waals surface area contributed by atoms with Crippen LogP contribution in [0.4, 0.5) is 5.69 Å². The summed E-state index contributed by atoms with van der Waals surface area (Å²) < 4.78 is 32.7. The third-order valence-corrected chi connectivity index (χ3v) is 5.60. The predicted molar refractivity (Wildman–Crippen MR) is 79.2 cm³/mol. The van der Waals surface area contributed by atoms with Crippen molar-refractivity contribution in [3.8, 4) is 0 Å². The molecule has 1 aromatic rings. The Morgan fingerprint density at radius 1 is 1.40 bits per heavy atom. The van der Waals surface area contributed by atoms with Crippen LogP contribution >= 0.6 is 11.6 Å². The largest absolute Gasteiger partial charge is 0.399 e. The fraction of sp³-hybridized carbons (Fsp3) is 0.538. The van der Waals surface area contributed by atoms with Crippen molar-refractivity contribution >= 4 is 27.3 Å². The Bertz CT molecular complexity index is 571. The molecule has 1 saturated heterocycles. The van der Waals surface area contributed by atoms with E-state index in [1.807, 2.05) is 6.92 Å². The maximum absolute atomic E-state index is 12.3. The van der Waals surface area contributed by atoms with E-state index in [9.17, 15) is 8.42 Å². The van der Waals surface area contributed by atoms with Crippen LogP contribution in [0.2, 0.25) is 5.02 Å². The van der Waals surface area contributed by atoms with Gasteiger partial charge in [-0.15, -0.1) is 0 Å². The van der Waals surface area contributed by atoms with Crippen molar-refractivity contribution in [2.75, 3.05) is 18.9 Å². The van der Waals surface area contributed by atoms with Crippen molar-refractivity contribution in [1.29, 1.82) is 0 Å². The molecule has 0 spiro atoms. The summed E-state index contributed by atoms with van der Waals surface area (Å²) in [6.45, 7) is 3.23. The summed E-state index contributed by atoms with van der Waals surface area (Å²) in [6, 6.07) is 4.24. The Morgan fingerprint density at radius 2 is 2.05 bits per heavy atom. The zero-order chi connectivity index (χ0) is 14.8. The summed E-state index contributed by atoms with van der Waals surface area (Å²) in [4.78, 5) is 0.0623. The molecule has 1 aliphatic heterocycles. The fourth-order valence-electron chi connectivity index (χ4n) is 2.36. The highest BCUT2D eigenvalue weighted by atomic mass is 35.5. The lowest BCUT2D eigenvalue weighted by molar-refractivity contribution is 0.0585. The minimum Gasteiger partial charge on any atom is -0.399 e. The molecule has 0 amide bonds. The van der Waals surface area contributed by atoms with Gasteiger partial charge >= 0.3 is 0 Å². The summed E-state index contributed by atoms with van der Waals surface area (Å²) >= 11 is 5.96. The Hall–Kier alpha value is -0.820. The second kappa shape index (κ2) is 6.30. The highest BCUT2D eigenvalue weighted by Gasteiger charge is 2.26. The smallest absolute Gasteiger partial charge is 0.242 e. The molecule has 1 fully saturated rings. The quantitative estimate of drug-likeness (QED) is 0.832. The number of hydrogen-bond acceptors (Lipinski definition) is 4. The first-order valence-corrected chi connectivity index (χ1v) is 8.41. The average Bonchev–Trinajstić information content (AvgIpc) is 2.38. The highest BCUT2D eigenvalue weighted by Crippen LogP contribution is 2.25. The van der Waals surface area contributed by atoms with Gasteiger partial charge in [-0.3, -0.25) is 0 Å². The lowest BCUT2D eigenvalue weighted by atomic mass is 9.94. The maximum atomic E-state index is 12.3. The Labute approximate surface area is 124 Å². The zero-order valence-electron chi connectivity index (χ0n) is 11.3. The molecule has 0 saturated carbocycles. The van der Waals surface area contributed by atoms with E-state index in [1.54, 1.807) is 0 Å². The van der Waals surface area contributed by atoms with E-state index in [0.717, 1.165) is 12.8 Å². The van der Waals surface area contributed by atoms with Crippen LogP contribution in [0.3, 0.4) is 0 Å². The van der Waals surface area contributed by atoms with E-state index in [0.29, 0.717) is 18.9 Å². The summed E-state index contributed by atoms with van der Waals surface area (Å²) in [5.41, 5.74) is 6.01. The molecule has 3 N–H and O–H groups in total. The van der Waals surface area contributed by atoms with Crippen LogP contribution in [0.5, 0.6) is 0 Å². The molecule has 1 aromatic carbocycles. The van der Waals surface area contributed by atoms with Gasteiger partial charge < -0.3 is 10.5 Å². The molecule has 7 heteroatoms. The van der Waals surface area contributed by atoms with Gasteiger partial charge in [0, 0.05) is 24.9 Å². The molecule has 0 aromatic heterocycles. The van der Waals surface area contributed by atoms with Crippen LogP contribution in [0.1, 0.15) is 19.8 Å². The molecule has 5 nitrogen and oxygen atoms in total. The summed E-state index contributed by atoms with van der Waals surface area (Å²) in [6.07, 6.45) is 1.72. The second-order valence-electron chi connectivity index (χ2n) is 5.05. The Morgan fingerprint density at radius 3 is 2.65 bits per heavy atom. The van der Waals surface area contributed by atoms with Crippen molar-refractivity contribution in [1.82, 2.24) is 4.72 Å². The molecular formula is C13H19ClN2O3S. The number of nitrogens with two attached hydrogens (primary N) is 1. The van der Waals surface area contributed by atoms with E-state index >= 15 is 0 Å². The van der Waals surface area contributed by atoms with E-state index < -0.39 is 10.0 Å². The second-order valence-corrected chi connectivity index (χ2v) is 7.14. The van der Waals surface area contributed by atoms with Crippen molar-refractivity contribution in [2.45, 2.75) is 30.7 Å². The number of halogens is 1. The van der Waals surface area contributed by atoms with Gasteiger partial charge in [-0.25, -0.2) is 13.1 Å². The number of anilines is 1. The van der Waals surface area contributed by atoms with Crippen LogP contribution in [0, 0.1) is 5.92 Å². The Balaban J connectivity index is 2.13. The van der Waals surface area contributed by atoms with Gasteiger partial charge in [0.25, 0.3) is 0 Å². The van der Waals surface area contributed by atoms with Gasteiger partial charge in [0.1, 0.15) is 4.90 Å². The standard InChI is InChI=1S/C13H19ClN2O3S/c1-9(10-4-6-19-7-5-10)16-20(17,18)13-3-2-11(15)8-12(13)14/h2-3,8-10,16H,4-7,15H2,1H3. The number of nitrogens with one attached hydrogen (secondary N) is 1. The number of rotatable bonds is 4. The number of nitrogen functional groups attached to an aromatic ring is 1. The first kappa shape index (κ1) is 15.6. The van der Waals surface area contributed by atoms with Crippen LogP contribution in [0.25, 0.3) is 0 Å². The van der Waals surface area contributed by atoms with Crippen LogP contribution in [-0.2, 0) is 14.8 Å². The summed E-state index contributed by atoms with van der Waals surface area (Å²) in [5.74, 6) is 0.283. The molecule has 1 unspecified atom stereocenters. The zero-order valence-corrected chi connectivity index (χ0v) is 12.9. The lowest BCUT2D eigenvalue weighted by Gasteiger charge is -2.28. The minimum absolute atomic E-state index is 0.0623. The van der Waals surface area contributed by atoms with Crippen LogP contribution in [-0.4, -0.2) is 27.7 Å². The van der Waals surface area contributed by atoms with Gasteiger partial charge in [0.15, 0.2) is 0 Å². The van der Waals surface area contributed by atoms with Crippen molar-refractivity contribution in [3.63, 3.8) is 0 Å². The van der Waals surface area contributed by atoms with Gasteiger partial charge in [-0.05, 0) is 43.9 Å². The van der Waals surface area contributed by atoms with Crippen LogP contribution in [0.15, 0.2) is 23.1 Å². The van der Waals surface area contributed by atoms with E-state index in [2.05, 4.69) is 4.72 Å². The molecule has 0 aliphatic carbocycles. The summed E-state index contributed by atoms with van der Waals surface area (Å²) in [5, 5.41) is 0.136. The number of sulfonamides is 1. The molecular weight excluding hydrogens is 300 g/mol. The molecule has 0 bridgehead atoms. The van der Waals surface area contributed by atoms with Crippen molar-refractivity contribution < 1.29 is 13.2 Å². The molecule has 1 atom stereocenters. The Kier molecular flexibility index (Phi) is 4.90. The number of hydrogen-bond donors (Lipinski definition) is 2.